The van der Waals surface area contributed by atoms with E-state index in [1.807, 2.05) is 0 Å². The SMILES string of the molecule is COc1ccc(S(=O)(=O)N(C)Cc2ccco2)cc1C(=O)N1CCCC1. The summed E-state index contributed by atoms with van der Waals surface area (Å²) in [7, 11) is -0.831. The highest BCUT2D eigenvalue weighted by atomic mass is 32.2. The highest BCUT2D eigenvalue weighted by Crippen LogP contribution is 2.27. The number of methoxy groups -OCH3 is 1. The number of carbonyl (C=O) groups excluding carboxylic acids is 1. The summed E-state index contributed by atoms with van der Waals surface area (Å²) in [5.74, 6) is 0.706. The zero-order valence-corrected chi connectivity index (χ0v) is 15.7. The predicted octanol–water partition coefficient (Wildman–Crippen LogP) is 2.34. The molecule has 2 heterocycles. The maximum Gasteiger partial charge on any atom is 0.257 e. The van der Waals surface area contributed by atoms with Crippen molar-refractivity contribution in [2.75, 3.05) is 27.2 Å². The summed E-state index contributed by atoms with van der Waals surface area (Å²) < 4.78 is 37.4. The standard InChI is InChI=1S/C18H22N2O5S/c1-19(13-14-6-5-11-25-14)26(22,23)15-7-8-17(24-2)16(12-15)18(21)20-9-3-4-10-20/h5-8,11-12H,3-4,9-10,13H2,1-2H3. The lowest BCUT2D eigenvalue weighted by molar-refractivity contribution is 0.0789. The van der Waals surface area contributed by atoms with Gasteiger partial charge >= 0.3 is 0 Å². The molecule has 0 N–H and O–H groups in total. The molecule has 26 heavy (non-hydrogen) atoms. The van der Waals surface area contributed by atoms with Crippen LogP contribution in [0.15, 0.2) is 45.9 Å². The first-order valence-electron chi connectivity index (χ1n) is 8.39. The van der Waals surface area contributed by atoms with E-state index < -0.39 is 10.0 Å². The quantitative estimate of drug-likeness (QED) is 0.771. The van der Waals surface area contributed by atoms with Gasteiger partial charge in [-0.1, -0.05) is 0 Å². The van der Waals surface area contributed by atoms with Crippen LogP contribution in [0.2, 0.25) is 0 Å². The fourth-order valence-corrected chi connectivity index (χ4v) is 4.16. The van der Waals surface area contributed by atoms with Crippen molar-refractivity contribution >= 4 is 15.9 Å². The van der Waals surface area contributed by atoms with Crippen LogP contribution >= 0.6 is 0 Å². The van der Waals surface area contributed by atoms with Crippen molar-refractivity contribution in [2.45, 2.75) is 24.3 Å². The fraction of sp³-hybridized carbons (Fsp3) is 0.389. The van der Waals surface area contributed by atoms with E-state index in [1.165, 1.54) is 42.9 Å². The van der Waals surface area contributed by atoms with Gasteiger partial charge in [0.15, 0.2) is 0 Å². The third kappa shape index (κ3) is 3.61. The first kappa shape index (κ1) is 18.5. The molecule has 1 aromatic carbocycles. The molecule has 0 atom stereocenters. The Morgan fingerprint density at radius 3 is 2.62 bits per heavy atom. The number of ether oxygens (including phenoxy) is 1. The Bertz CT molecular complexity index is 871. The molecule has 3 rings (SSSR count). The summed E-state index contributed by atoms with van der Waals surface area (Å²) in [6.07, 6.45) is 3.41. The van der Waals surface area contributed by atoms with Gasteiger partial charge in [0.2, 0.25) is 10.0 Å². The molecule has 140 valence electrons. The van der Waals surface area contributed by atoms with E-state index in [9.17, 15) is 13.2 Å². The van der Waals surface area contributed by atoms with Gasteiger partial charge in [0.05, 0.1) is 30.4 Å². The molecule has 8 heteroatoms. The van der Waals surface area contributed by atoms with Crippen LogP contribution in [-0.2, 0) is 16.6 Å². The second-order valence-corrected chi connectivity index (χ2v) is 8.25. The molecule has 0 spiro atoms. The lowest BCUT2D eigenvalue weighted by Gasteiger charge is -2.20. The summed E-state index contributed by atoms with van der Waals surface area (Å²) in [4.78, 5) is 14.5. The maximum absolute atomic E-state index is 12.9. The molecule has 2 aromatic rings. The van der Waals surface area contributed by atoms with Crippen molar-refractivity contribution in [1.82, 2.24) is 9.21 Å². The number of hydrogen-bond donors (Lipinski definition) is 0. The zero-order valence-electron chi connectivity index (χ0n) is 14.8. The summed E-state index contributed by atoms with van der Waals surface area (Å²) in [5.41, 5.74) is 0.266. The van der Waals surface area contributed by atoms with Crippen LogP contribution in [0, 0.1) is 0 Å². The monoisotopic (exact) mass is 378 g/mol. The summed E-state index contributed by atoms with van der Waals surface area (Å²) >= 11 is 0. The normalized spacial score (nSPS) is 14.8. The van der Waals surface area contributed by atoms with E-state index in [2.05, 4.69) is 0 Å². The minimum atomic E-state index is -3.77. The molecule has 1 saturated heterocycles. The van der Waals surface area contributed by atoms with E-state index in [4.69, 9.17) is 9.15 Å². The van der Waals surface area contributed by atoms with E-state index in [1.54, 1.807) is 17.0 Å². The van der Waals surface area contributed by atoms with Crippen LogP contribution in [0.1, 0.15) is 29.0 Å². The van der Waals surface area contributed by atoms with E-state index in [0.29, 0.717) is 24.6 Å². The molecule has 1 aliphatic rings. The second kappa shape index (κ2) is 7.51. The molecular weight excluding hydrogens is 356 g/mol. The molecular formula is C18H22N2O5S. The molecule has 1 aromatic heterocycles. The number of nitrogens with zero attached hydrogens (tertiary/aromatic N) is 2. The number of rotatable bonds is 6. The number of furan rings is 1. The lowest BCUT2D eigenvalue weighted by Crippen LogP contribution is -2.29. The molecule has 0 unspecified atom stereocenters. The highest BCUT2D eigenvalue weighted by Gasteiger charge is 2.27. The van der Waals surface area contributed by atoms with E-state index >= 15 is 0 Å². The molecule has 1 fully saturated rings. The molecule has 0 saturated carbocycles. The minimum absolute atomic E-state index is 0.0508. The van der Waals surface area contributed by atoms with Gasteiger partial charge in [-0.05, 0) is 43.2 Å². The Morgan fingerprint density at radius 1 is 1.27 bits per heavy atom. The number of benzene rings is 1. The minimum Gasteiger partial charge on any atom is -0.496 e. The first-order chi connectivity index (χ1) is 12.4. The van der Waals surface area contributed by atoms with Gasteiger partial charge in [-0.2, -0.15) is 4.31 Å². The Balaban J connectivity index is 1.91. The van der Waals surface area contributed by atoms with Gasteiger partial charge < -0.3 is 14.1 Å². The average molecular weight is 378 g/mol. The van der Waals surface area contributed by atoms with Crippen LogP contribution in [0.25, 0.3) is 0 Å². The smallest absolute Gasteiger partial charge is 0.257 e. The van der Waals surface area contributed by atoms with Crippen molar-refractivity contribution in [1.29, 1.82) is 0 Å². The first-order valence-corrected chi connectivity index (χ1v) is 9.83. The third-order valence-electron chi connectivity index (χ3n) is 4.46. The van der Waals surface area contributed by atoms with E-state index in [0.717, 1.165) is 12.8 Å². The van der Waals surface area contributed by atoms with Gasteiger partial charge in [0.25, 0.3) is 5.91 Å². The van der Waals surface area contributed by atoms with Crippen molar-refractivity contribution in [3.05, 3.63) is 47.9 Å². The van der Waals surface area contributed by atoms with Crippen LogP contribution in [0.3, 0.4) is 0 Å². The predicted molar refractivity (Wildman–Crippen MR) is 95.5 cm³/mol. The van der Waals surface area contributed by atoms with Gasteiger partial charge in [0.1, 0.15) is 11.5 Å². The topological polar surface area (TPSA) is 80.1 Å². The van der Waals surface area contributed by atoms with Crippen LogP contribution < -0.4 is 4.74 Å². The number of amides is 1. The third-order valence-corrected chi connectivity index (χ3v) is 6.26. The van der Waals surface area contributed by atoms with Gasteiger partial charge in [-0.25, -0.2) is 8.42 Å². The summed E-state index contributed by atoms with van der Waals surface area (Å²) in [6.45, 7) is 1.46. The Kier molecular flexibility index (Phi) is 5.33. The fourth-order valence-electron chi connectivity index (χ4n) is 2.99. The van der Waals surface area contributed by atoms with Gasteiger partial charge in [0, 0.05) is 20.1 Å². The largest absolute Gasteiger partial charge is 0.496 e. The lowest BCUT2D eigenvalue weighted by atomic mass is 10.1. The summed E-state index contributed by atoms with van der Waals surface area (Å²) in [6, 6.07) is 7.79. The van der Waals surface area contributed by atoms with Crippen molar-refractivity contribution in [2.24, 2.45) is 0 Å². The molecule has 1 amide bonds. The molecule has 7 nitrogen and oxygen atoms in total. The second-order valence-electron chi connectivity index (χ2n) is 6.20. The number of carbonyl (C=O) groups is 1. The molecule has 1 aliphatic heterocycles. The average Bonchev–Trinajstić information content (AvgIpc) is 3.34. The van der Waals surface area contributed by atoms with Crippen LogP contribution in [-0.4, -0.2) is 50.8 Å². The maximum atomic E-state index is 12.9. The van der Waals surface area contributed by atoms with Crippen molar-refractivity contribution < 1.29 is 22.4 Å². The zero-order chi connectivity index (χ0) is 18.7. The Morgan fingerprint density at radius 2 is 2.00 bits per heavy atom. The van der Waals surface area contributed by atoms with Gasteiger partial charge in [-0.15, -0.1) is 0 Å². The summed E-state index contributed by atoms with van der Waals surface area (Å²) in [5, 5.41) is 0. The van der Waals surface area contributed by atoms with Crippen molar-refractivity contribution in [3.8, 4) is 5.75 Å². The number of sulfonamides is 1. The van der Waals surface area contributed by atoms with Crippen LogP contribution in [0.5, 0.6) is 5.75 Å². The van der Waals surface area contributed by atoms with Gasteiger partial charge in [-0.3, -0.25) is 4.79 Å². The molecule has 0 aliphatic carbocycles. The van der Waals surface area contributed by atoms with E-state index in [-0.39, 0.29) is 22.9 Å². The molecule has 0 radical (unpaired) electrons. The Hall–Kier alpha value is -2.32. The van der Waals surface area contributed by atoms with Crippen molar-refractivity contribution in [3.63, 3.8) is 0 Å². The molecule has 0 bridgehead atoms. The number of likely N-dealkylation sites (tertiary alicyclic amines) is 1. The number of hydrogen-bond acceptors (Lipinski definition) is 5. The van der Waals surface area contributed by atoms with Crippen LogP contribution in [0.4, 0.5) is 0 Å². The highest BCUT2D eigenvalue weighted by molar-refractivity contribution is 7.89. The Labute approximate surface area is 153 Å².